The van der Waals surface area contributed by atoms with E-state index in [0.29, 0.717) is 74.5 Å². The van der Waals surface area contributed by atoms with Gasteiger partial charge in [-0.3, -0.25) is 14.7 Å². The van der Waals surface area contributed by atoms with Gasteiger partial charge in [0.05, 0.1) is 18.3 Å². The van der Waals surface area contributed by atoms with E-state index in [9.17, 15) is 4.79 Å². The molecule has 3 heterocycles. The van der Waals surface area contributed by atoms with Crippen molar-refractivity contribution in [2.45, 2.75) is 263 Å². The maximum Gasteiger partial charge on any atom is 0.176 e. The Balaban J connectivity index is 0.000000574. The number of anilines is 1. The first kappa shape index (κ1) is 92.0. The molecule has 0 saturated carbocycles. The predicted molar refractivity (Wildman–Crippen MR) is 433 cm³/mol. The van der Waals surface area contributed by atoms with E-state index in [1.165, 1.54) is 67.7 Å². The van der Waals surface area contributed by atoms with E-state index in [1.807, 2.05) is 68.4 Å². The van der Waals surface area contributed by atoms with Gasteiger partial charge in [-0.25, -0.2) is 0 Å². The maximum absolute atomic E-state index is 11.5. The molecule has 0 aromatic heterocycles. The molecule has 0 spiro atoms. The fourth-order valence-electron chi connectivity index (χ4n) is 10.3. The molecule has 562 valence electrons. The first-order valence-corrected chi connectivity index (χ1v) is 37.9. The van der Waals surface area contributed by atoms with Gasteiger partial charge in [-0.1, -0.05) is 192 Å². The molecule has 0 radical (unpaired) electrons. The minimum absolute atomic E-state index is 0.0593. The first-order chi connectivity index (χ1) is 47.4. The number of carbonyl (C=O) groups is 1. The molecule has 3 aliphatic rings. The molecule has 0 unspecified atom stereocenters. The number of nitrogens with zero attached hydrogens (tertiary/aromatic N) is 4. The van der Waals surface area contributed by atoms with Crippen LogP contribution in [0.1, 0.15) is 211 Å². The van der Waals surface area contributed by atoms with Crippen LogP contribution in [0, 0.1) is 11.3 Å². The lowest BCUT2D eigenvalue weighted by atomic mass is 10.1. The SMILES string of the molecule is CC(C)(C)NCCC#N.CC(C)(C)Nc1ccc2c(c1)OCCO2.CC(C)NCC(=O)c1ccccc1.CC(C)NCCC1=Nc2ccccc2C1.CC(C)NCCCc1ccccc1.CC(C)NCCN(C(C)C)C(C)C.CC(C)NCCN1CCCC1.CC(C)NCc1ccccc1. The Kier molecular flexibility index (Phi) is 50.3. The minimum atomic E-state index is 0.0593. The molecule has 1 saturated heterocycles. The molecule has 0 atom stereocenters. The van der Waals surface area contributed by atoms with Gasteiger partial charge in [0.15, 0.2) is 17.3 Å². The summed E-state index contributed by atoms with van der Waals surface area (Å²) in [7, 11) is 0. The van der Waals surface area contributed by atoms with Gasteiger partial charge in [-0.05, 0) is 156 Å². The van der Waals surface area contributed by atoms with Crippen LogP contribution in [0.15, 0.2) is 138 Å². The van der Waals surface area contributed by atoms with E-state index in [-0.39, 0.29) is 16.9 Å². The molecule has 0 aliphatic carbocycles. The number of para-hydroxylation sites is 1. The Labute approximate surface area is 611 Å². The average Bonchev–Trinajstić information content (AvgIpc) is 1.39. The van der Waals surface area contributed by atoms with Gasteiger partial charge in [-0.15, -0.1) is 0 Å². The Morgan fingerprint density at radius 2 is 1.04 bits per heavy atom. The van der Waals surface area contributed by atoms with E-state index in [2.05, 4.69) is 281 Å². The van der Waals surface area contributed by atoms with E-state index >= 15 is 0 Å². The number of aryl methyl sites for hydroxylation is 1. The second-order valence-electron chi connectivity index (χ2n) is 30.4. The number of ketones is 1. The number of ether oxygens (including phenoxy) is 2. The fourth-order valence-corrected chi connectivity index (χ4v) is 10.3. The zero-order valence-electron chi connectivity index (χ0n) is 67.0. The lowest BCUT2D eigenvalue weighted by Crippen LogP contribution is -2.42. The lowest BCUT2D eigenvalue weighted by Gasteiger charge is -2.30. The number of likely N-dealkylation sites (tertiary alicyclic amines) is 1. The van der Waals surface area contributed by atoms with Crippen LogP contribution < -0.4 is 52.0 Å². The Morgan fingerprint density at radius 3 is 1.56 bits per heavy atom. The number of fused-ring (bicyclic) bond motifs is 2. The molecule has 5 aromatic rings. The van der Waals surface area contributed by atoms with E-state index in [0.717, 1.165) is 87.1 Å². The van der Waals surface area contributed by atoms with Crippen LogP contribution in [0.25, 0.3) is 0 Å². The van der Waals surface area contributed by atoms with Crippen LogP contribution in [0.3, 0.4) is 0 Å². The van der Waals surface area contributed by atoms with Crippen molar-refractivity contribution in [2.75, 3.05) is 84.0 Å². The minimum Gasteiger partial charge on any atom is -0.486 e. The summed E-state index contributed by atoms with van der Waals surface area (Å²) in [6, 6.07) is 51.5. The molecule has 0 bridgehead atoms. The van der Waals surface area contributed by atoms with Crippen molar-refractivity contribution in [3.05, 3.63) is 156 Å². The molecule has 0 amide bonds. The largest absolute Gasteiger partial charge is 0.486 e. The van der Waals surface area contributed by atoms with Gasteiger partial charge in [0.2, 0.25) is 0 Å². The van der Waals surface area contributed by atoms with E-state index < -0.39 is 0 Å². The van der Waals surface area contributed by atoms with E-state index in [1.54, 1.807) is 0 Å². The standard InChI is InChI=1S/C13H18N2.C12H17NO2.C12H19N.C11H26N2.C11H15NO.C10H15N.C9H20N2.C7H14N2/c1-10(2)14-8-7-12-9-11-5-3-4-6-13(11)15-12;1-12(2,3)13-9-4-5-10-11(8-9)15-7-6-14-10;1-11(2)13-10-6-9-12-7-4-3-5-8-12;1-9(2)12-7-8-13(10(3)4)11(5)6;1-9(2)12-8-11(13)10-6-4-3-5-7-10;1-9(2)11-8-10-6-4-3-5-7-10;1-9(2)10-5-8-11-6-3-4-7-11;1-7(2,3)9-6-4-5-8/h3-6,10,14H,7-9H2,1-2H3;4-5,8,13H,6-7H2,1-3H3;3-5,7-8,11,13H,6,9-10H2,1-2H3;9-12H,7-8H2,1-6H3;3-7,9,12H,8H2,1-2H3;3-7,9,11H,8H2,1-2H3;9-10H,3-8H2,1-2H3;9H,4,6H2,1-3H3. The molecule has 8 rings (SSSR count). The molecular weight excluding hydrogens is 1240 g/mol. The van der Waals surface area contributed by atoms with Crippen molar-refractivity contribution in [3.8, 4) is 17.6 Å². The van der Waals surface area contributed by atoms with Gasteiger partial charge in [0.1, 0.15) is 13.2 Å². The summed E-state index contributed by atoms with van der Waals surface area (Å²) in [5, 5.41) is 34.9. The smallest absolute Gasteiger partial charge is 0.176 e. The highest BCUT2D eigenvalue weighted by Gasteiger charge is 2.17. The van der Waals surface area contributed by atoms with Gasteiger partial charge in [-0.2, -0.15) is 5.26 Å². The van der Waals surface area contributed by atoms with Crippen molar-refractivity contribution in [1.82, 2.24) is 47.0 Å². The summed E-state index contributed by atoms with van der Waals surface area (Å²) >= 11 is 0. The zero-order valence-corrected chi connectivity index (χ0v) is 67.0. The number of nitriles is 1. The first-order valence-electron chi connectivity index (χ1n) is 37.9. The average molecular weight is 1380 g/mol. The van der Waals surface area contributed by atoms with Crippen LogP contribution in [0.4, 0.5) is 11.4 Å². The Morgan fingerprint density at radius 1 is 0.540 bits per heavy atom. The van der Waals surface area contributed by atoms with Gasteiger partial charge >= 0.3 is 0 Å². The fraction of sp³-hybridized carbons (Fsp3) is 0.612. The molecule has 15 nitrogen and oxygen atoms in total. The summed E-state index contributed by atoms with van der Waals surface area (Å²) < 4.78 is 11.0. The second kappa shape index (κ2) is 54.6. The third-order valence-corrected chi connectivity index (χ3v) is 15.4. The van der Waals surface area contributed by atoms with Gasteiger partial charge < -0.3 is 56.9 Å². The number of benzene rings is 5. The highest BCUT2D eigenvalue weighted by atomic mass is 16.6. The zero-order chi connectivity index (χ0) is 74.7. The predicted octanol–water partition coefficient (Wildman–Crippen LogP) is 16.5. The molecule has 3 aliphatic heterocycles. The normalized spacial score (nSPS) is 13.0. The number of nitrogens with one attached hydrogen (secondary N) is 8. The van der Waals surface area contributed by atoms with Crippen molar-refractivity contribution in [3.63, 3.8) is 0 Å². The van der Waals surface area contributed by atoms with Crippen LogP contribution in [0.5, 0.6) is 11.5 Å². The van der Waals surface area contributed by atoms with Crippen LogP contribution >= 0.6 is 0 Å². The molecule has 100 heavy (non-hydrogen) atoms. The monoisotopic (exact) mass is 1380 g/mol. The highest BCUT2D eigenvalue weighted by molar-refractivity contribution is 5.97. The molecule has 1 fully saturated rings. The molecule has 8 N–H and O–H groups in total. The Hall–Kier alpha value is -6.03. The molecular formula is C85H144N12O3. The number of hydrogen-bond acceptors (Lipinski definition) is 15. The summed E-state index contributed by atoms with van der Waals surface area (Å²) in [5.74, 6) is 1.81. The quantitative estimate of drug-likeness (QED) is 0.0168. The highest BCUT2D eigenvalue weighted by Crippen LogP contribution is 2.33. The maximum atomic E-state index is 11.5. The van der Waals surface area contributed by atoms with Crippen molar-refractivity contribution < 1.29 is 14.3 Å². The third kappa shape index (κ3) is 51.2. The van der Waals surface area contributed by atoms with Crippen molar-refractivity contribution in [1.29, 1.82) is 5.26 Å². The number of hydrogen-bond donors (Lipinski definition) is 8. The second-order valence-corrected chi connectivity index (χ2v) is 30.4. The van der Waals surface area contributed by atoms with E-state index in [4.69, 9.17) is 14.7 Å². The van der Waals surface area contributed by atoms with Crippen LogP contribution in [-0.4, -0.2) is 159 Å². The van der Waals surface area contributed by atoms with Crippen LogP contribution in [0.2, 0.25) is 0 Å². The summed E-state index contributed by atoms with van der Waals surface area (Å²) in [5.41, 5.74) is 8.68. The third-order valence-electron chi connectivity index (χ3n) is 15.4. The van der Waals surface area contributed by atoms with Crippen LogP contribution in [-0.2, 0) is 19.4 Å². The Bertz CT molecular complexity index is 2850. The topological polar surface area (TPSA) is 174 Å². The summed E-state index contributed by atoms with van der Waals surface area (Å²) in [4.78, 5) is 21.2. The summed E-state index contributed by atoms with van der Waals surface area (Å²) in [6.45, 7) is 60.4. The number of rotatable bonds is 29. The van der Waals surface area contributed by atoms with Gasteiger partial charge in [0, 0.05) is 141 Å². The van der Waals surface area contributed by atoms with Crippen molar-refractivity contribution >= 4 is 22.9 Å². The number of carbonyl (C=O) groups excluding carboxylic acids is 1. The summed E-state index contributed by atoms with van der Waals surface area (Å²) in [6.07, 6.45) is 7.91. The lowest BCUT2D eigenvalue weighted by molar-refractivity contribution is 0.0988. The van der Waals surface area contributed by atoms with Crippen molar-refractivity contribution in [2.24, 2.45) is 4.99 Å². The molecule has 5 aromatic carbocycles. The number of Topliss-reactive ketones (excluding diaryl/α,β-unsaturated/α-hetero) is 1. The molecule has 15 heteroatoms. The number of aliphatic imine (C=N–C) groups is 1. The van der Waals surface area contributed by atoms with Gasteiger partial charge in [0.25, 0.3) is 0 Å².